The molecular formula is C18H23NO2. The number of rotatable bonds is 5. The lowest BCUT2D eigenvalue weighted by Gasteiger charge is -2.19. The second-order valence-corrected chi connectivity index (χ2v) is 5.38. The van der Waals surface area contributed by atoms with Crippen LogP contribution in [0, 0.1) is 0 Å². The third-order valence-corrected chi connectivity index (χ3v) is 3.74. The van der Waals surface area contributed by atoms with E-state index in [0.717, 1.165) is 22.6 Å². The predicted octanol–water partition coefficient (Wildman–Crippen LogP) is 3.88. The van der Waals surface area contributed by atoms with Crippen LogP contribution in [0.25, 0.3) is 0 Å². The van der Waals surface area contributed by atoms with Crippen molar-refractivity contribution in [1.82, 2.24) is 0 Å². The van der Waals surface area contributed by atoms with E-state index in [1.54, 1.807) is 14.2 Å². The maximum atomic E-state index is 6.44. The lowest BCUT2D eigenvalue weighted by Crippen LogP contribution is -2.14. The van der Waals surface area contributed by atoms with Crippen LogP contribution in [0.3, 0.4) is 0 Å². The molecule has 0 aliphatic heterocycles. The molecule has 0 radical (unpaired) electrons. The Morgan fingerprint density at radius 3 is 1.71 bits per heavy atom. The molecule has 0 aromatic heterocycles. The number of benzene rings is 2. The van der Waals surface area contributed by atoms with E-state index in [-0.39, 0.29) is 6.04 Å². The Hall–Kier alpha value is -2.00. The molecular weight excluding hydrogens is 262 g/mol. The third-order valence-electron chi connectivity index (χ3n) is 3.74. The quantitative estimate of drug-likeness (QED) is 0.906. The van der Waals surface area contributed by atoms with Crippen LogP contribution in [0.4, 0.5) is 0 Å². The molecule has 2 aromatic rings. The summed E-state index contributed by atoms with van der Waals surface area (Å²) in [5.74, 6) is 2.00. The first-order valence-electron chi connectivity index (χ1n) is 7.14. The number of nitrogens with two attached hydrogens (primary N) is 1. The van der Waals surface area contributed by atoms with Gasteiger partial charge in [-0.05, 0) is 29.2 Å². The Bertz CT molecular complexity index is 568. The second kappa shape index (κ2) is 6.64. The molecule has 112 valence electrons. The van der Waals surface area contributed by atoms with Crippen LogP contribution in [0.2, 0.25) is 0 Å². The normalized spacial score (nSPS) is 12.3. The molecule has 0 spiro atoms. The van der Waals surface area contributed by atoms with Crippen molar-refractivity contribution in [2.24, 2.45) is 5.73 Å². The Kier molecular flexibility index (Phi) is 4.86. The van der Waals surface area contributed by atoms with Crippen molar-refractivity contribution in [2.75, 3.05) is 14.2 Å². The van der Waals surface area contributed by atoms with Gasteiger partial charge < -0.3 is 15.2 Å². The highest BCUT2D eigenvalue weighted by Crippen LogP contribution is 2.36. The van der Waals surface area contributed by atoms with Gasteiger partial charge in [0, 0.05) is 0 Å². The zero-order valence-electron chi connectivity index (χ0n) is 13.1. The van der Waals surface area contributed by atoms with Crippen LogP contribution < -0.4 is 15.2 Å². The van der Waals surface area contributed by atoms with Gasteiger partial charge in [0.25, 0.3) is 0 Å². The van der Waals surface area contributed by atoms with Crippen LogP contribution >= 0.6 is 0 Å². The van der Waals surface area contributed by atoms with Crippen LogP contribution in [0.1, 0.15) is 42.5 Å². The summed E-state index contributed by atoms with van der Waals surface area (Å²) in [5.41, 5.74) is 9.66. The molecule has 2 aromatic carbocycles. The largest absolute Gasteiger partial charge is 0.496 e. The molecule has 0 saturated heterocycles. The van der Waals surface area contributed by atoms with Crippen LogP contribution in [0.15, 0.2) is 42.5 Å². The number of hydrogen-bond donors (Lipinski definition) is 1. The Morgan fingerprint density at radius 1 is 0.810 bits per heavy atom. The van der Waals surface area contributed by atoms with Gasteiger partial charge in [-0.15, -0.1) is 0 Å². The molecule has 3 heteroatoms. The van der Waals surface area contributed by atoms with Gasteiger partial charge in [-0.25, -0.2) is 0 Å². The van der Waals surface area contributed by atoms with Crippen LogP contribution in [0.5, 0.6) is 11.5 Å². The Labute approximate surface area is 126 Å². The minimum atomic E-state index is -0.280. The first-order chi connectivity index (χ1) is 10.1. The fourth-order valence-electron chi connectivity index (χ4n) is 2.44. The highest BCUT2D eigenvalue weighted by molar-refractivity contribution is 5.50. The van der Waals surface area contributed by atoms with Gasteiger partial charge in [-0.1, -0.05) is 44.2 Å². The summed E-state index contributed by atoms with van der Waals surface area (Å²) in [5, 5.41) is 0. The fourth-order valence-corrected chi connectivity index (χ4v) is 2.44. The zero-order chi connectivity index (χ0) is 15.4. The highest BCUT2D eigenvalue weighted by Gasteiger charge is 2.19. The number of ether oxygens (including phenoxy) is 2. The third kappa shape index (κ3) is 3.19. The Morgan fingerprint density at radius 2 is 1.29 bits per heavy atom. The summed E-state index contributed by atoms with van der Waals surface area (Å²) in [6.07, 6.45) is 0. The second-order valence-electron chi connectivity index (χ2n) is 5.38. The zero-order valence-corrected chi connectivity index (χ0v) is 13.1. The lowest BCUT2D eigenvalue weighted by atomic mass is 9.95. The minimum absolute atomic E-state index is 0.280. The van der Waals surface area contributed by atoms with E-state index >= 15 is 0 Å². The molecule has 1 atom stereocenters. The van der Waals surface area contributed by atoms with Crippen molar-refractivity contribution in [1.29, 1.82) is 0 Å². The molecule has 0 amide bonds. The number of methoxy groups -OCH3 is 2. The van der Waals surface area contributed by atoms with E-state index in [0.29, 0.717) is 5.92 Å². The van der Waals surface area contributed by atoms with Crippen molar-refractivity contribution < 1.29 is 9.47 Å². The van der Waals surface area contributed by atoms with E-state index in [4.69, 9.17) is 15.2 Å². The number of hydrogen-bond acceptors (Lipinski definition) is 3. The summed E-state index contributed by atoms with van der Waals surface area (Å²) >= 11 is 0. The van der Waals surface area contributed by atoms with Gasteiger partial charge in [0.05, 0.1) is 25.8 Å². The molecule has 3 nitrogen and oxygen atoms in total. The maximum absolute atomic E-state index is 6.44. The first kappa shape index (κ1) is 15.4. The summed E-state index contributed by atoms with van der Waals surface area (Å²) in [4.78, 5) is 0. The molecule has 2 N–H and O–H groups in total. The van der Waals surface area contributed by atoms with Gasteiger partial charge in [0.15, 0.2) is 0 Å². The van der Waals surface area contributed by atoms with Crippen LogP contribution in [-0.4, -0.2) is 14.2 Å². The van der Waals surface area contributed by atoms with Crippen molar-refractivity contribution in [3.05, 3.63) is 59.2 Å². The van der Waals surface area contributed by atoms with E-state index in [1.807, 2.05) is 18.2 Å². The van der Waals surface area contributed by atoms with Gasteiger partial charge in [0.2, 0.25) is 0 Å². The SMILES string of the molecule is COc1cccc(OC)c1C(N)c1ccc(C(C)C)cc1. The van der Waals surface area contributed by atoms with Crippen molar-refractivity contribution in [3.63, 3.8) is 0 Å². The minimum Gasteiger partial charge on any atom is -0.496 e. The van der Waals surface area contributed by atoms with Gasteiger partial charge in [-0.2, -0.15) is 0 Å². The molecule has 2 rings (SSSR count). The monoisotopic (exact) mass is 285 g/mol. The van der Waals surface area contributed by atoms with Gasteiger partial charge in [-0.3, -0.25) is 0 Å². The summed E-state index contributed by atoms with van der Waals surface area (Å²) in [7, 11) is 3.29. The summed E-state index contributed by atoms with van der Waals surface area (Å²) in [6.45, 7) is 4.36. The van der Waals surface area contributed by atoms with E-state index in [1.165, 1.54) is 5.56 Å². The summed E-state index contributed by atoms with van der Waals surface area (Å²) in [6, 6.07) is 13.8. The van der Waals surface area contributed by atoms with Crippen molar-refractivity contribution >= 4 is 0 Å². The first-order valence-corrected chi connectivity index (χ1v) is 7.14. The molecule has 0 heterocycles. The molecule has 1 unspecified atom stereocenters. The topological polar surface area (TPSA) is 44.5 Å². The molecule has 0 fully saturated rings. The lowest BCUT2D eigenvalue weighted by molar-refractivity contribution is 0.382. The van der Waals surface area contributed by atoms with E-state index in [2.05, 4.69) is 38.1 Å². The standard InChI is InChI=1S/C18H23NO2/c1-12(2)13-8-10-14(11-9-13)18(19)17-15(20-3)6-5-7-16(17)21-4/h5-12,18H,19H2,1-4H3. The van der Waals surface area contributed by atoms with Crippen molar-refractivity contribution in [2.45, 2.75) is 25.8 Å². The van der Waals surface area contributed by atoms with E-state index < -0.39 is 0 Å². The smallest absolute Gasteiger partial charge is 0.127 e. The predicted molar refractivity (Wildman–Crippen MR) is 86.1 cm³/mol. The van der Waals surface area contributed by atoms with Crippen LogP contribution in [-0.2, 0) is 0 Å². The fraction of sp³-hybridized carbons (Fsp3) is 0.333. The average molecular weight is 285 g/mol. The molecule has 21 heavy (non-hydrogen) atoms. The molecule has 0 aliphatic rings. The van der Waals surface area contributed by atoms with Gasteiger partial charge in [0.1, 0.15) is 11.5 Å². The van der Waals surface area contributed by atoms with Crippen molar-refractivity contribution in [3.8, 4) is 11.5 Å². The van der Waals surface area contributed by atoms with E-state index in [9.17, 15) is 0 Å². The molecule has 0 aliphatic carbocycles. The Balaban J connectivity index is 2.41. The summed E-state index contributed by atoms with van der Waals surface area (Å²) < 4.78 is 10.9. The average Bonchev–Trinajstić information content (AvgIpc) is 2.53. The highest BCUT2D eigenvalue weighted by atomic mass is 16.5. The molecule has 0 saturated carbocycles. The maximum Gasteiger partial charge on any atom is 0.127 e. The van der Waals surface area contributed by atoms with Gasteiger partial charge >= 0.3 is 0 Å². The molecule has 0 bridgehead atoms.